The first-order valence-electron chi connectivity index (χ1n) is 6.20. The van der Waals surface area contributed by atoms with E-state index in [4.69, 9.17) is 10.5 Å². The smallest absolute Gasteiger partial charge is 0.410 e. The highest BCUT2D eigenvalue weighted by atomic mass is 16.6. The molecule has 4 heteroatoms. The Hall–Kier alpha value is -0.770. The summed E-state index contributed by atoms with van der Waals surface area (Å²) in [5, 5.41) is 0. The van der Waals surface area contributed by atoms with Gasteiger partial charge in [0.1, 0.15) is 5.60 Å². The zero-order valence-corrected chi connectivity index (χ0v) is 12.1. The van der Waals surface area contributed by atoms with Gasteiger partial charge >= 0.3 is 6.09 Å². The highest BCUT2D eigenvalue weighted by molar-refractivity contribution is 5.68. The normalized spacial score (nSPS) is 28.5. The number of hydrogen-bond acceptors (Lipinski definition) is 3. The highest BCUT2D eigenvalue weighted by Gasteiger charge is 2.59. The van der Waals surface area contributed by atoms with E-state index < -0.39 is 5.60 Å². The third-order valence-corrected chi connectivity index (χ3v) is 3.81. The van der Waals surface area contributed by atoms with Crippen molar-refractivity contribution < 1.29 is 9.53 Å². The van der Waals surface area contributed by atoms with Crippen molar-refractivity contribution in [2.24, 2.45) is 17.1 Å². The van der Waals surface area contributed by atoms with Gasteiger partial charge in [-0.05, 0) is 33.1 Å². The Labute approximate surface area is 104 Å². The van der Waals surface area contributed by atoms with Gasteiger partial charge in [0.25, 0.3) is 0 Å². The van der Waals surface area contributed by atoms with Crippen LogP contribution in [0.5, 0.6) is 0 Å². The molecule has 1 saturated carbocycles. The largest absolute Gasteiger partial charge is 0.444 e. The van der Waals surface area contributed by atoms with Gasteiger partial charge in [-0.1, -0.05) is 13.8 Å². The summed E-state index contributed by atoms with van der Waals surface area (Å²) in [6, 6.07) is 0.275. The number of carbonyl (C=O) groups excluding carboxylic acids is 1. The molecule has 0 aromatic carbocycles. The summed E-state index contributed by atoms with van der Waals surface area (Å²) in [5.41, 5.74) is 5.70. The van der Waals surface area contributed by atoms with E-state index in [0.717, 1.165) is 0 Å². The quantitative estimate of drug-likeness (QED) is 0.808. The molecule has 0 aromatic rings. The molecule has 100 valence electrons. The molecule has 0 saturated heterocycles. The first kappa shape index (κ1) is 14.3. The molecule has 0 radical (unpaired) electrons. The Morgan fingerprint density at radius 3 is 2.12 bits per heavy atom. The van der Waals surface area contributed by atoms with Crippen LogP contribution in [0.1, 0.15) is 41.5 Å². The molecular weight excluding hydrogens is 216 g/mol. The SMILES string of the molecule is CC([C@@H]1[C@@H](N)C1(C)C)N(C)C(=O)OC(C)(C)C. The average Bonchev–Trinajstić information content (AvgIpc) is 2.61. The van der Waals surface area contributed by atoms with Crippen molar-refractivity contribution in [3.63, 3.8) is 0 Å². The molecule has 17 heavy (non-hydrogen) atoms. The minimum absolute atomic E-state index is 0.106. The molecule has 1 unspecified atom stereocenters. The molecule has 1 fully saturated rings. The second-order valence-corrected chi connectivity index (χ2v) is 6.70. The van der Waals surface area contributed by atoms with Crippen LogP contribution in [0.2, 0.25) is 0 Å². The van der Waals surface area contributed by atoms with Gasteiger partial charge in [-0.15, -0.1) is 0 Å². The molecule has 0 aromatic heterocycles. The van der Waals surface area contributed by atoms with Crippen LogP contribution in [0, 0.1) is 11.3 Å². The summed E-state index contributed by atoms with van der Waals surface area (Å²) < 4.78 is 5.35. The number of nitrogens with two attached hydrogens (primary N) is 1. The van der Waals surface area contributed by atoms with E-state index in [9.17, 15) is 4.79 Å². The van der Waals surface area contributed by atoms with Crippen molar-refractivity contribution in [1.82, 2.24) is 4.90 Å². The van der Waals surface area contributed by atoms with Crippen molar-refractivity contribution >= 4 is 6.09 Å². The predicted molar refractivity (Wildman–Crippen MR) is 68.7 cm³/mol. The van der Waals surface area contributed by atoms with E-state index >= 15 is 0 Å². The lowest BCUT2D eigenvalue weighted by molar-refractivity contribution is 0.0208. The molecule has 1 amide bonds. The zero-order valence-electron chi connectivity index (χ0n) is 12.1. The van der Waals surface area contributed by atoms with E-state index in [2.05, 4.69) is 13.8 Å². The van der Waals surface area contributed by atoms with Gasteiger partial charge in [-0.2, -0.15) is 0 Å². The first-order valence-corrected chi connectivity index (χ1v) is 6.20. The monoisotopic (exact) mass is 242 g/mol. The van der Waals surface area contributed by atoms with E-state index in [0.29, 0.717) is 5.92 Å². The number of ether oxygens (including phenoxy) is 1. The Kier molecular flexibility index (Phi) is 3.50. The zero-order chi connectivity index (χ0) is 13.6. The fraction of sp³-hybridized carbons (Fsp3) is 0.923. The third-order valence-electron chi connectivity index (χ3n) is 3.81. The van der Waals surface area contributed by atoms with Gasteiger partial charge in [-0.3, -0.25) is 0 Å². The average molecular weight is 242 g/mol. The summed E-state index contributed by atoms with van der Waals surface area (Å²) in [6.07, 6.45) is -0.278. The van der Waals surface area contributed by atoms with E-state index in [1.807, 2.05) is 27.7 Å². The van der Waals surface area contributed by atoms with Crippen LogP contribution in [0.25, 0.3) is 0 Å². The van der Waals surface area contributed by atoms with Crippen LogP contribution < -0.4 is 5.73 Å². The second-order valence-electron chi connectivity index (χ2n) is 6.70. The molecular formula is C13H26N2O2. The molecule has 1 aliphatic rings. The molecule has 2 N–H and O–H groups in total. The standard InChI is InChI=1S/C13H26N2O2/c1-8(9-10(14)13(9,5)6)15(7)11(16)17-12(2,3)4/h8-10H,14H2,1-7H3/t8?,9-,10-/m1/s1. The molecule has 0 heterocycles. The topological polar surface area (TPSA) is 55.6 Å². The van der Waals surface area contributed by atoms with Gasteiger partial charge in [-0.25, -0.2) is 4.79 Å². The van der Waals surface area contributed by atoms with Crippen molar-refractivity contribution in [1.29, 1.82) is 0 Å². The van der Waals surface area contributed by atoms with Crippen LogP contribution in [0.15, 0.2) is 0 Å². The lowest BCUT2D eigenvalue weighted by Gasteiger charge is -2.29. The van der Waals surface area contributed by atoms with Crippen LogP contribution in [-0.2, 0) is 4.74 Å². The van der Waals surface area contributed by atoms with E-state index in [1.165, 1.54) is 0 Å². The Morgan fingerprint density at radius 2 is 1.82 bits per heavy atom. The van der Waals surface area contributed by atoms with Gasteiger partial charge in [0.05, 0.1) is 0 Å². The predicted octanol–water partition coefficient (Wildman–Crippen LogP) is 2.23. The Balaban J connectivity index is 2.60. The van der Waals surface area contributed by atoms with Crippen LogP contribution >= 0.6 is 0 Å². The van der Waals surface area contributed by atoms with Gasteiger partial charge in [0.15, 0.2) is 0 Å². The van der Waals surface area contributed by atoms with Crippen molar-refractivity contribution in [3.8, 4) is 0 Å². The highest BCUT2D eigenvalue weighted by Crippen LogP contribution is 2.53. The number of rotatable bonds is 2. The summed E-state index contributed by atoms with van der Waals surface area (Å²) in [6.45, 7) is 11.9. The maximum absolute atomic E-state index is 11.9. The number of carbonyl (C=O) groups is 1. The van der Waals surface area contributed by atoms with Gasteiger partial charge in [0.2, 0.25) is 0 Å². The second kappa shape index (κ2) is 4.16. The number of amides is 1. The minimum Gasteiger partial charge on any atom is -0.444 e. The van der Waals surface area contributed by atoms with Crippen molar-refractivity contribution in [2.75, 3.05) is 7.05 Å². The summed E-state index contributed by atoms with van der Waals surface area (Å²) in [7, 11) is 1.78. The van der Waals surface area contributed by atoms with Crippen molar-refractivity contribution in [2.45, 2.75) is 59.2 Å². The Bertz CT molecular complexity index is 307. The molecule has 0 bridgehead atoms. The van der Waals surface area contributed by atoms with Gasteiger partial charge in [0, 0.05) is 25.0 Å². The first-order chi connectivity index (χ1) is 7.48. The summed E-state index contributed by atoms with van der Waals surface area (Å²) >= 11 is 0. The number of nitrogens with zero attached hydrogens (tertiary/aromatic N) is 1. The van der Waals surface area contributed by atoms with Crippen LogP contribution in [-0.4, -0.2) is 35.7 Å². The van der Waals surface area contributed by atoms with Gasteiger partial charge < -0.3 is 15.4 Å². The molecule has 0 spiro atoms. The fourth-order valence-corrected chi connectivity index (χ4v) is 2.38. The van der Waals surface area contributed by atoms with Crippen molar-refractivity contribution in [3.05, 3.63) is 0 Å². The summed E-state index contributed by atoms with van der Waals surface area (Å²) in [4.78, 5) is 13.6. The van der Waals surface area contributed by atoms with Crippen LogP contribution in [0.4, 0.5) is 4.79 Å². The fourth-order valence-electron chi connectivity index (χ4n) is 2.38. The molecule has 1 rings (SSSR count). The lowest BCUT2D eigenvalue weighted by Crippen LogP contribution is -2.41. The molecule has 3 atom stereocenters. The molecule has 0 aliphatic heterocycles. The minimum atomic E-state index is -0.452. The van der Waals surface area contributed by atoms with Crippen LogP contribution in [0.3, 0.4) is 0 Å². The number of hydrogen-bond donors (Lipinski definition) is 1. The maximum Gasteiger partial charge on any atom is 0.410 e. The molecule has 1 aliphatic carbocycles. The molecule has 4 nitrogen and oxygen atoms in total. The Morgan fingerprint density at radius 1 is 1.41 bits per heavy atom. The van der Waals surface area contributed by atoms with E-state index in [1.54, 1.807) is 11.9 Å². The van der Waals surface area contributed by atoms with E-state index in [-0.39, 0.29) is 23.6 Å². The third kappa shape index (κ3) is 2.92. The lowest BCUT2D eigenvalue weighted by atomic mass is 10.0. The maximum atomic E-state index is 11.9. The summed E-state index contributed by atoms with van der Waals surface area (Å²) in [5.74, 6) is 0.347.